The minimum atomic E-state index is -0.469. The van der Waals surface area contributed by atoms with Gasteiger partial charge < -0.3 is 15.0 Å². The van der Waals surface area contributed by atoms with Crippen LogP contribution in [0.1, 0.15) is 46.5 Å². The van der Waals surface area contributed by atoms with Gasteiger partial charge in [-0.15, -0.1) is 0 Å². The number of carbonyl (C=O) groups excluding carboxylic acids is 2. The average Bonchev–Trinajstić information content (AvgIpc) is 2.49. The van der Waals surface area contributed by atoms with Crippen molar-refractivity contribution in [1.82, 2.24) is 10.2 Å². The van der Waals surface area contributed by atoms with E-state index >= 15 is 0 Å². The molecule has 2 saturated heterocycles. The zero-order chi connectivity index (χ0) is 14.0. The van der Waals surface area contributed by atoms with E-state index < -0.39 is 5.60 Å². The van der Waals surface area contributed by atoms with E-state index in [4.69, 9.17) is 4.74 Å². The molecule has 1 N–H and O–H groups in total. The van der Waals surface area contributed by atoms with E-state index in [1.54, 1.807) is 0 Å². The van der Waals surface area contributed by atoms with Crippen LogP contribution >= 0.6 is 0 Å². The highest BCUT2D eigenvalue weighted by molar-refractivity contribution is 5.76. The summed E-state index contributed by atoms with van der Waals surface area (Å²) in [5, 5.41) is 2.93. The molecule has 19 heavy (non-hydrogen) atoms. The zero-order valence-electron chi connectivity index (χ0n) is 12.1. The maximum atomic E-state index is 12.3. The predicted molar refractivity (Wildman–Crippen MR) is 71.7 cm³/mol. The minimum Gasteiger partial charge on any atom is -0.444 e. The molecule has 0 radical (unpaired) electrons. The van der Waals surface area contributed by atoms with E-state index in [-0.39, 0.29) is 18.0 Å². The van der Waals surface area contributed by atoms with E-state index in [2.05, 4.69) is 5.32 Å². The van der Waals surface area contributed by atoms with E-state index in [0.717, 1.165) is 25.8 Å². The fourth-order valence-electron chi connectivity index (χ4n) is 2.93. The number of nitrogens with zero attached hydrogens (tertiary/aromatic N) is 1. The van der Waals surface area contributed by atoms with Gasteiger partial charge in [0.1, 0.15) is 5.60 Å². The Morgan fingerprint density at radius 2 is 2.11 bits per heavy atom. The average molecular weight is 268 g/mol. The molecule has 0 saturated carbocycles. The molecular weight excluding hydrogens is 244 g/mol. The summed E-state index contributed by atoms with van der Waals surface area (Å²) in [6, 6.07) is 0.141. The maximum absolute atomic E-state index is 12.3. The Bertz CT molecular complexity index is 362. The fraction of sp³-hybridized carbons (Fsp3) is 0.857. The van der Waals surface area contributed by atoms with Gasteiger partial charge in [-0.05, 0) is 46.0 Å². The molecule has 2 aliphatic rings. The Morgan fingerprint density at radius 1 is 1.37 bits per heavy atom. The zero-order valence-corrected chi connectivity index (χ0v) is 12.1. The van der Waals surface area contributed by atoms with Gasteiger partial charge >= 0.3 is 6.09 Å². The largest absolute Gasteiger partial charge is 0.444 e. The first-order chi connectivity index (χ1) is 8.87. The van der Waals surface area contributed by atoms with Crippen molar-refractivity contribution >= 4 is 12.0 Å². The number of likely N-dealkylation sites (tertiary alicyclic amines) is 1. The van der Waals surface area contributed by atoms with E-state index in [9.17, 15) is 9.59 Å². The molecule has 2 heterocycles. The minimum absolute atomic E-state index is 0.0959. The highest BCUT2D eigenvalue weighted by Crippen LogP contribution is 2.29. The molecule has 0 spiro atoms. The van der Waals surface area contributed by atoms with Crippen LogP contribution < -0.4 is 5.32 Å². The molecule has 0 aliphatic carbocycles. The van der Waals surface area contributed by atoms with Crippen molar-refractivity contribution in [3.05, 3.63) is 0 Å². The Balaban J connectivity index is 2.07. The summed E-state index contributed by atoms with van der Waals surface area (Å²) in [5.74, 6) is 0.464. The standard InChI is InChI=1S/C14H24N2O3/c1-14(2,3)19-13(18)16-8-4-5-10-9-15-12(17)7-6-11(10)16/h10-11H,4-9H2,1-3H3,(H,15,17)/t10-,11+/m0/s1. The van der Waals surface area contributed by atoms with Crippen molar-refractivity contribution < 1.29 is 14.3 Å². The van der Waals surface area contributed by atoms with E-state index in [1.165, 1.54) is 0 Å². The molecule has 5 nitrogen and oxygen atoms in total. The van der Waals surface area contributed by atoms with Crippen LogP contribution in [-0.4, -0.2) is 41.6 Å². The summed E-state index contributed by atoms with van der Waals surface area (Å²) in [6.45, 7) is 7.06. The molecule has 2 rings (SSSR count). The van der Waals surface area contributed by atoms with Crippen LogP contribution in [0.2, 0.25) is 0 Å². The summed E-state index contributed by atoms with van der Waals surface area (Å²) < 4.78 is 5.48. The first-order valence-corrected chi connectivity index (χ1v) is 7.13. The molecule has 2 atom stereocenters. The first-order valence-electron chi connectivity index (χ1n) is 7.13. The molecule has 0 aromatic heterocycles. The van der Waals surface area contributed by atoms with Crippen LogP contribution in [0.25, 0.3) is 0 Å². The lowest BCUT2D eigenvalue weighted by atomic mass is 9.87. The van der Waals surface area contributed by atoms with Gasteiger partial charge in [0.15, 0.2) is 0 Å². The summed E-state index contributed by atoms with van der Waals surface area (Å²) in [5.41, 5.74) is -0.469. The monoisotopic (exact) mass is 268 g/mol. The summed E-state index contributed by atoms with van der Waals surface area (Å²) in [7, 11) is 0. The highest BCUT2D eigenvalue weighted by atomic mass is 16.6. The van der Waals surface area contributed by atoms with Crippen LogP contribution in [0.15, 0.2) is 0 Å². The topological polar surface area (TPSA) is 58.6 Å². The Labute approximate surface area is 114 Å². The molecule has 0 aromatic rings. The van der Waals surface area contributed by atoms with Crippen LogP contribution in [0.4, 0.5) is 4.79 Å². The molecule has 2 amide bonds. The van der Waals surface area contributed by atoms with Crippen LogP contribution in [0, 0.1) is 5.92 Å². The molecule has 2 aliphatic heterocycles. The third-order valence-electron chi connectivity index (χ3n) is 3.78. The van der Waals surface area contributed by atoms with Crippen molar-refractivity contribution in [2.45, 2.75) is 58.1 Å². The summed E-state index contributed by atoms with van der Waals surface area (Å²) >= 11 is 0. The number of hydrogen-bond acceptors (Lipinski definition) is 3. The number of rotatable bonds is 0. The van der Waals surface area contributed by atoms with Gasteiger partial charge in [-0.2, -0.15) is 0 Å². The lowest BCUT2D eigenvalue weighted by Gasteiger charge is -2.40. The smallest absolute Gasteiger partial charge is 0.410 e. The molecule has 2 fully saturated rings. The van der Waals surface area contributed by atoms with Gasteiger partial charge in [-0.1, -0.05) is 0 Å². The van der Waals surface area contributed by atoms with Crippen molar-refractivity contribution in [3.8, 4) is 0 Å². The predicted octanol–water partition coefficient (Wildman–Crippen LogP) is 1.91. The normalized spacial score (nSPS) is 28.2. The van der Waals surface area contributed by atoms with Crippen molar-refractivity contribution in [2.24, 2.45) is 5.92 Å². The summed E-state index contributed by atoms with van der Waals surface area (Å²) in [6.07, 6.45) is 3.06. The van der Waals surface area contributed by atoms with Crippen LogP contribution in [0.3, 0.4) is 0 Å². The second-order valence-corrected chi connectivity index (χ2v) is 6.49. The van der Waals surface area contributed by atoms with Crippen molar-refractivity contribution in [3.63, 3.8) is 0 Å². The molecule has 0 unspecified atom stereocenters. The molecule has 108 valence electrons. The van der Waals surface area contributed by atoms with Crippen molar-refractivity contribution in [2.75, 3.05) is 13.1 Å². The second kappa shape index (κ2) is 5.39. The van der Waals surface area contributed by atoms with Gasteiger partial charge in [0.05, 0.1) is 0 Å². The van der Waals surface area contributed by atoms with Crippen molar-refractivity contribution in [1.29, 1.82) is 0 Å². The maximum Gasteiger partial charge on any atom is 0.410 e. The first kappa shape index (κ1) is 14.2. The van der Waals surface area contributed by atoms with Gasteiger partial charge in [0.2, 0.25) is 5.91 Å². The number of carbonyl (C=O) groups is 2. The third-order valence-corrected chi connectivity index (χ3v) is 3.78. The van der Waals surface area contributed by atoms with Crippen LogP contribution in [-0.2, 0) is 9.53 Å². The SMILES string of the molecule is CC(C)(C)OC(=O)N1CCC[C@H]2CNC(=O)CC[C@H]21. The van der Waals surface area contributed by atoms with Gasteiger partial charge in [-0.3, -0.25) is 4.79 Å². The molecular formula is C14H24N2O3. The van der Waals surface area contributed by atoms with Gasteiger partial charge in [0.25, 0.3) is 0 Å². The quantitative estimate of drug-likeness (QED) is 0.730. The lowest BCUT2D eigenvalue weighted by Crippen LogP contribution is -2.51. The Hall–Kier alpha value is -1.26. The molecule has 0 bridgehead atoms. The van der Waals surface area contributed by atoms with E-state index in [0.29, 0.717) is 18.9 Å². The van der Waals surface area contributed by atoms with Gasteiger partial charge in [-0.25, -0.2) is 4.79 Å². The second-order valence-electron chi connectivity index (χ2n) is 6.49. The number of ether oxygens (including phenoxy) is 1. The van der Waals surface area contributed by atoms with Crippen LogP contribution in [0.5, 0.6) is 0 Å². The number of piperidine rings is 1. The number of hydrogen-bond donors (Lipinski definition) is 1. The number of nitrogens with one attached hydrogen (secondary N) is 1. The highest BCUT2D eigenvalue weighted by Gasteiger charge is 2.37. The van der Waals surface area contributed by atoms with Gasteiger partial charge in [0, 0.05) is 25.6 Å². The Kier molecular flexibility index (Phi) is 4.02. The third kappa shape index (κ3) is 3.61. The summed E-state index contributed by atoms with van der Waals surface area (Å²) in [4.78, 5) is 25.6. The fourth-order valence-corrected chi connectivity index (χ4v) is 2.93. The Morgan fingerprint density at radius 3 is 2.79 bits per heavy atom. The number of fused-ring (bicyclic) bond motifs is 1. The molecule has 5 heteroatoms. The van der Waals surface area contributed by atoms with E-state index in [1.807, 2.05) is 25.7 Å². The molecule has 0 aromatic carbocycles. The number of amides is 2. The lowest BCUT2D eigenvalue weighted by molar-refractivity contribution is -0.120.